The van der Waals surface area contributed by atoms with Crippen molar-refractivity contribution in [2.75, 3.05) is 12.7 Å². The highest BCUT2D eigenvalue weighted by Gasteiger charge is 2.20. The van der Waals surface area contributed by atoms with Gasteiger partial charge >= 0.3 is 0 Å². The Kier molecular flexibility index (Phi) is 6.32. The van der Waals surface area contributed by atoms with Gasteiger partial charge in [-0.25, -0.2) is 0 Å². The minimum absolute atomic E-state index is 0.102. The highest BCUT2D eigenvalue weighted by molar-refractivity contribution is 8.69. The first-order valence-electron chi connectivity index (χ1n) is 5.16. The molecule has 0 heterocycles. The standard InChI is InChI=1S/C11H16ClO2PS2/c1-9(2)14-15(16,8-12)17-11-6-4-10(13-3)5-7-11/h4-7,9H,8H2,1-3H3. The summed E-state index contributed by atoms with van der Waals surface area (Å²) in [6, 6.07) is 7.76. The van der Waals surface area contributed by atoms with Crippen LogP contribution < -0.4 is 4.74 Å². The van der Waals surface area contributed by atoms with Gasteiger partial charge in [0.05, 0.1) is 18.8 Å². The van der Waals surface area contributed by atoms with Crippen molar-refractivity contribution in [3.63, 3.8) is 0 Å². The smallest absolute Gasteiger partial charge is 0.138 e. The zero-order valence-electron chi connectivity index (χ0n) is 10.1. The second-order valence-corrected chi connectivity index (χ2v) is 11.5. The summed E-state index contributed by atoms with van der Waals surface area (Å²) in [5.74, 6) is 0.832. The molecule has 0 aliphatic heterocycles. The molecule has 0 radical (unpaired) electrons. The summed E-state index contributed by atoms with van der Waals surface area (Å²) in [6.45, 7) is 3.95. The molecule has 0 spiro atoms. The molecule has 1 unspecified atom stereocenters. The minimum Gasteiger partial charge on any atom is -0.497 e. The molecule has 0 aliphatic rings. The van der Waals surface area contributed by atoms with Crippen molar-refractivity contribution in [3.8, 4) is 5.75 Å². The Morgan fingerprint density at radius 3 is 2.35 bits per heavy atom. The molecule has 0 saturated carbocycles. The fourth-order valence-corrected chi connectivity index (χ4v) is 6.58. The molecule has 2 nitrogen and oxygen atoms in total. The topological polar surface area (TPSA) is 18.5 Å². The van der Waals surface area contributed by atoms with Crippen LogP contribution in [0, 0.1) is 0 Å². The third-order valence-electron chi connectivity index (χ3n) is 1.82. The average molecular weight is 311 g/mol. The molecule has 0 aliphatic carbocycles. The Balaban J connectivity index is 2.76. The first kappa shape index (κ1) is 15.3. The number of hydrogen-bond acceptors (Lipinski definition) is 4. The Morgan fingerprint density at radius 1 is 1.35 bits per heavy atom. The predicted octanol–water partition coefficient (Wildman–Crippen LogP) is 4.72. The maximum absolute atomic E-state index is 5.94. The Bertz CT molecular complexity index is 395. The molecule has 0 fully saturated rings. The minimum atomic E-state index is -2.03. The largest absolute Gasteiger partial charge is 0.497 e. The summed E-state index contributed by atoms with van der Waals surface area (Å²) in [4.78, 5) is 1.07. The Morgan fingerprint density at radius 2 is 1.94 bits per heavy atom. The molecule has 0 amide bonds. The van der Waals surface area contributed by atoms with Gasteiger partial charge in [-0.2, -0.15) is 0 Å². The molecular formula is C11H16ClO2PS2. The van der Waals surface area contributed by atoms with Crippen molar-refractivity contribution in [3.05, 3.63) is 24.3 Å². The first-order chi connectivity index (χ1) is 7.99. The van der Waals surface area contributed by atoms with Crippen molar-refractivity contribution < 1.29 is 9.26 Å². The fraction of sp³-hybridized carbons (Fsp3) is 0.455. The number of benzene rings is 1. The summed E-state index contributed by atoms with van der Waals surface area (Å²) in [5, 5.41) is 0. The zero-order valence-corrected chi connectivity index (χ0v) is 13.3. The molecule has 0 saturated heterocycles. The van der Waals surface area contributed by atoms with Crippen LogP contribution in [0.3, 0.4) is 0 Å². The SMILES string of the molecule is COc1ccc(SP(=S)(CCl)OC(C)C)cc1. The van der Waals surface area contributed by atoms with Crippen LogP contribution in [0.5, 0.6) is 5.75 Å². The number of halogens is 1. The van der Waals surface area contributed by atoms with Gasteiger partial charge in [-0.05, 0) is 38.1 Å². The fourth-order valence-electron chi connectivity index (χ4n) is 1.19. The molecule has 1 atom stereocenters. The van der Waals surface area contributed by atoms with Crippen LogP contribution >= 0.6 is 28.4 Å². The van der Waals surface area contributed by atoms with E-state index in [1.807, 2.05) is 38.1 Å². The van der Waals surface area contributed by atoms with Gasteiger partial charge in [-0.1, -0.05) is 23.2 Å². The van der Waals surface area contributed by atoms with E-state index in [0.717, 1.165) is 10.6 Å². The number of hydrogen-bond donors (Lipinski definition) is 0. The molecule has 0 N–H and O–H groups in total. The van der Waals surface area contributed by atoms with Crippen molar-refractivity contribution in [1.82, 2.24) is 0 Å². The highest BCUT2D eigenvalue weighted by Crippen LogP contribution is 2.64. The highest BCUT2D eigenvalue weighted by atomic mass is 35.5. The van der Waals surface area contributed by atoms with Crippen LogP contribution in [-0.2, 0) is 16.3 Å². The van der Waals surface area contributed by atoms with Gasteiger partial charge in [0.2, 0.25) is 0 Å². The van der Waals surface area contributed by atoms with Crippen LogP contribution in [0.25, 0.3) is 0 Å². The summed E-state index contributed by atoms with van der Waals surface area (Å²) in [5.41, 5.74) is -1.66. The second kappa shape index (κ2) is 7.01. The molecular weight excluding hydrogens is 295 g/mol. The second-order valence-electron chi connectivity index (χ2n) is 3.65. The van der Waals surface area contributed by atoms with E-state index in [2.05, 4.69) is 0 Å². The Labute approximate surface area is 117 Å². The number of rotatable bonds is 6. The van der Waals surface area contributed by atoms with Gasteiger partial charge in [0, 0.05) is 4.90 Å². The maximum atomic E-state index is 5.94. The molecule has 17 heavy (non-hydrogen) atoms. The van der Waals surface area contributed by atoms with E-state index in [9.17, 15) is 0 Å². The number of ether oxygens (including phenoxy) is 1. The van der Waals surface area contributed by atoms with E-state index in [1.54, 1.807) is 18.5 Å². The van der Waals surface area contributed by atoms with E-state index < -0.39 is 5.47 Å². The van der Waals surface area contributed by atoms with Crippen LogP contribution in [-0.4, -0.2) is 18.8 Å². The van der Waals surface area contributed by atoms with Crippen LogP contribution in [0.1, 0.15) is 13.8 Å². The third kappa shape index (κ3) is 5.19. The lowest BCUT2D eigenvalue weighted by atomic mass is 10.3. The summed E-state index contributed by atoms with van der Waals surface area (Å²) >= 11 is 13.0. The summed E-state index contributed by atoms with van der Waals surface area (Å²) in [7, 11) is 1.65. The number of methoxy groups -OCH3 is 1. The molecule has 1 aromatic rings. The predicted molar refractivity (Wildman–Crippen MR) is 80.1 cm³/mol. The van der Waals surface area contributed by atoms with Gasteiger partial charge in [0.15, 0.2) is 0 Å². The molecule has 0 aromatic heterocycles. The quantitative estimate of drug-likeness (QED) is 0.559. The normalized spacial score (nSPS) is 14.6. The van der Waals surface area contributed by atoms with Gasteiger partial charge in [0.25, 0.3) is 0 Å². The van der Waals surface area contributed by atoms with Gasteiger partial charge in [0.1, 0.15) is 11.2 Å². The lowest BCUT2D eigenvalue weighted by molar-refractivity contribution is 0.277. The molecule has 0 bridgehead atoms. The van der Waals surface area contributed by atoms with Crippen molar-refractivity contribution in [2.45, 2.75) is 24.8 Å². The Hall–Kier alpha value is 0.270. The average Bonchev–Trinajstić information content (AvgIpc) is 2.29. The molecule has 6 heteroatoms. The van der Waals surface area contributed by atoms with Gasteiger partial charge < -0.3 is 9.26 Å². The van der Waals surface area contributed by atoms with E-state index in [1.165, 1.54) is 0 Å². The molecule has 1 aromatic carbocycles. The summed E-state index contributed by atoms with van der Waals surface area (Å²) < 4.78 is 10.9. The van der Waals surface area contributed by atoms with Crippen molar-refractivity contribution in [2.24, 2.45) is 0 Å². The number of alkyl halides is 1. The first-order valence-corrected chi connectivity index (χ1v) is 10.0. The van der Waals surface area contributed by atoms with Crippen molar-refractivity contribution >= 4 is 40.3 Å². The van der Waals surface area contributed by atoms with E-state index in [4.69, 9.17) is 32.7 Å². The third-order valence-corrected chi connectivity index (χ3v) is 8.91. The maximum Gasteiger partial charge on any atom is 0.138 e. The monoisotopic (exact) mass is 310 g/mol. The zero-order chi connectivity index (χ0) is 12.9. The lowest BCUT2D eigenvalue weighted by Gasteiger charge is -2.21. The summed E-state index contributed by atoms with van der Waals surface area (Å²) in [6.07, 6.45) is 0.102. The van der Waals surface area contributed by atoms with Crippen molar-refractivity contribution in [1.29, 1.82) is 0 Å². The lowest BCUT2D eigenvalue weighted by Crippen LogP contribution is -1.99. The molecule has 1 rings (SSSR count). The van der Waals surface area contributed by atoms with E-state index >= 15 is 0 Å². The van der Waals surface area contributed by atoms with Gasteiger partial charge in [-0.3, -0.25) is 0 Å². The van der Waals surface area contributed by atoms with Gasteiger partial charge in [-0.15, -0.1) is 11.6 Å². The van der Waals surface area contributed by atoms with Crippen LogP contribution in [0.4, 0.5) is 0 Å². The van der Waals surface area contributed by atoms with E-state index in [0.29, 0.717) is 5.62 Å². The van der Waals surface area contributed by atoms with Crippen LogP contribution in [0.15, 0.2) is 29.2 Å². The van der Waals surface area contributed by atoms with Crippen LogP contribution in [0.2, 0.25) is 0 Å². The molecule has 96 valence electrons. The van der Waals surface area contributed by atoms with E-state index in [-0.39, 0.29) is 6.10 Å².